The molecule has 0 fully saturated rings. The van der Waals surface area contributed by atoms with E-state index >= 15 is 0 Å². The van der Waals surface area contributed by atoms with E-state index in [2.05, 4.69) is 35.6 Å². The molecule has 0 bridgehead atoms. The quantitative estimate of drug-likeness (QED) is 0.533. The van der Waals surface area contributed by atoms with E-state index in [1.807, 2.05) is 24.3 Å². The lowest BCUT2D eigenvalue weighted by Gasteiger charge is -2.08. The van der Waals surface area contributed by atoms with Crippen LogP contribution in [-0.4, -0.2) is 33.7 Å². The van der Waals surface area contributed by atoms with Gasteiger partial charge in [0.1, 0.15) is 5.52 Å². The van der Waals surface area contributed by atoms with Crippen LogP contribution in [0.5, 0.6) is 0 Å². The average Bonchev–Trinajstić information content (AvgIpc) is 2.86. The van der Waals surface area contributed by atoms with Crippen molar-refractivity contribution in [2.75, 3.05) is 16.2 Å². The summed E-state index contributed by atoms with van der Waals surface area (Å²) in [5.41, 5.74) is 6.85. The van der Waals surface area contributed by atoms with Crippen molar-refractivity contribution in [3.8, 4) is 0 Å². The van der Waals surface area contributed by atoms with E-state index < -0.39 is 15.7 Å². The zero-order chi connectivity index (χ0) is 18.9. The Kier molecular flexibility index (Phi) is 5.01. The molecule has 0 aliphatic carbocycles. The highest BCUT2D eigenvalue weighted by molar-refractivity contribution is 9.10. The molecule has 0 spiro atoms. The summed E-state index contributed by atoms with van der Waals surface area (Å²) in [4.78, 5) is 23.0. The number of H-pyrrole nitrogens is 1. The Labute approximate surface area is 157 Å². The number of fused-ring (bicyclic) bond motifs is 1. The van der Waals surface area contributed by atoms with E-state index in [0.29, 0.717) is 6.42 Å². The van der Waals surface area contributed by atoms with Gasteiger partial charge in [-0.05, 0) is 24.1 Å². The van der Waals surface area contributed by atoms with Crippen LogP contribution in [0.2, 0.25) is 0 Å². The second-order valence-corrected chi connectivity index (χ2v) is 8.45. The number of rotatable bonds is 6. The van der Waals surface area contributed by atoms with Gasteiger partial charge in [0.2, 0.25) is 16.0 Å². The molecular weight excluding hydrogens is 424 g/mol. The smallest absolute Gasteiger partial charge is 0.328 e. The molecule has 0 unspecified atom stereocenters. The molecule has 0 radical (unpaired) electrons. The highest BCUT2D eigenvalue weighted by atomic mass is 79.9. The minimum atomic E-state index is -3.57. The van der Waals surface area contributed by atoms with Gasteiger partial charge in [0.15, 0.2) is 11.5 Å². The molecule has 0 saturated heterocycles. The zero-order valence-electron chi connectivity index (χ0n) is 13.9. The Bertz CT molecular complexity index is 1100. The van der Waals surface area contributed by atoms with Crippen LogP contribution in [0, 0.1) is 0 Å². The molecule has 0 atom stereocenters. The third-order valence-electron chi connectivity index (χ3n) is 3.62. The number of halogens is 1. The highest BCUT2D eigenvalue weighted by Crippen LogP contribution is 2.19. The summed E-state index contributed by atoms with van der Waals surface area (Å²) in [5, 5.41) is 0. The van der Waals surface area contributed by atoms with Gasteiger partial charge < -0.3 is 10.7 Å². The molecule has 3 aromatic rings. The van der Waals surface area contributed by atoms with Gasteiger partial charge in [-0.3, -0.25) is 9.29 Å². The molecule has 11 heteroatoms. The van der Waals surface area contributed by atoms with Crippen molar-refractivity contribution in [3.63, 3.8) is 0 Å². The number of nitrogens with two attached hydrogens (primary N) is 1. The number of hydrogen-bond acceptors (Lipinski definition) is 6. The lowest BCUT2D eigenvalue weighted by atomic mass is 10.2. The summed E-state index contributed by atoms with van der Waals surface area (Å²) in [6, 6.07) is 7.46. The number of imidazole rings is 1. The molecule has 4 N–H and O–H groups in total. The number of aromatic nitrogens is 4. The lowest BCUT2D eigenvalue weighted by Crippen LogP contribution is -2.19. The molecule has 3 rings (SSSR count). The van der Waals surface area contributed by atoms with Crippen molar-refractivity contribution in [1.82, 2.24) is 19.5 Å². The Morgan fingerprint density at radius 2 is 1.96 bits per heavy atom. The van der Waals surface area contributed by atoms with Gasteiger partial charge in [-0.15, -0.1) is 0 Å². The van der Waals surface area contributed by atoms with Gasteiger partial charge in [0.25, 0.3) is 0 Å². The third kappa shape index (κ3) is 3.88. The second-order valence-electron chi connectivity index (χ2n) is 5.69. The van der Waals surface area contributed by atoms with Crippen LogP contribution in [0.25, 0.3) is 11.2 Å². The van der Waals surface area contributed by atoms with Gasteiger partial charge in [-0.1, -0.05) is 35.0 Å². The average molecular weight is 441 g/mol. The van der Waals surface area contributed by atoms with Crippen molar-refractivity contribution in [3.05, 3.63) is 44.8 Å². The number of hydrogen-bond donors (Lipinski definition) is 3. The van der Waals surface area contributed by atoms with Crippen LogP contribution < -0.4 is 16.1 Å². The summed E-state index contributed by atoms with van der Waals surface area (Å²) in [6.45, 7) is 2.00. The van der Waals surface area contributed by atoms with Crippen LogP contribution in [0.1, 0.15) is 18.9 Å². The normalized spacial score (nSPS) is 11.8. The Hall–Kier alpha value is -2.40. The van der Waals surface area contributed by atoms with E-state index in [-0.39, 0.29) is 35.2 Å². The first-order valence-corrected chi connectivity index (χ1v) is 10.2. The standard InChI is InChI=1S/C15H17BrN6O3S/c1-2-7-26(24,25)21-14-19-12(17)11-13(20-14)22(15(23)18-11)8-9-3-5-10(16)6-4-9/h3-6H,2,7-8H2,1H3,(H,18,23)(H3,17,19,20,21). The minimum absolute atomic E-state index is 0.00384. The van der Waals surface area contributed by atoms with Gasteiger partial charge in [-0.2, -0.15) is 9.97 Å². The van der Waals surface area contributed by atoms with Gasteiger partial charge >= 0.3 is 5.69 Å². The predicted octanol–water partition coefficient (Wildman–Crippen LogP) is 1.66. The van der Waals surface area contributed by atoms with E-state index in [4.69, 9.17) is 5.73 Å². The maximum Gasteiger partial charge on any atom is 0.328 e. The van der Waals surface area contributed by atoms with E-state index in [9.17, 15) is 13.2 Å². The molecule has 138 valence electrons. The summed E-state index contributed by atoms with van der Waals surface area (Å²) in [6.07, 6.45) is 0.450. The number of benzene rings is 1. The van der Waals surface area contributed by atoms with Gasteiger partial charge in [0.05, 0.1) is 12.3 Å². The summed E-state index contributed by atoms with van der Waals surface area (Å²) in [7, 11) is -3.57. The third-order valence-corrected chi connectivity index (χ3v) is 5.59. The fourth-order valence-corrected chi connectivity index (χ4v) is 3.75. The molecule has 0 aliphatic heterocycles. The first-order chi connectivity index (χ1) is 12.3. The highest BCUT2D eigenvalue weighted by Gasteiger charge is 2.17. The van der Waals surface area contributed by atoms with Crippen molar-refractivity contribution in [2.45, 2.75) is 19.9 Å². The summed E-state index contributed by atoms with van der Waals surface area (Å²) >= 11 is 3.36. The van der Waals surface area contributed by atoms with E-state index in [1.54, 1.807) is 6.92 Å². The number of sulfonamides is 1. The lowest BCUT2D eigenvalue weighted by molar-refractivity contribution is 0.599. The van der Waals surface area contributed by atoms with E-state index in [0.717, 1.165) is 10.0 Å². The topological polar surface area (TPSA) is 136 Å². The maximum absolute atomic E-state index is 12.3. The molecule has 9 nitrogen and oxygen atoms in total. The second kappa shape index (κ2) is 7.08. The van der Waals surface area contributed by atoms with E-state index in [1.165, 1.54) is 4.57 Å². The molecule has 2 aromatic heterocycles. The maximum atomic E-state index is 12.3. The number of nitrogens with one attached hydrogen (secondary N) is 2. The molecule has 2 heterocycles. The van der Waals surface area contributed by atoms with Crippen molar-refractivity contribution < 1.29 is 8.42 Å². The molecular formula is C15H17BrN6O3S. The van der Waals surface area contributed by atoms with Crippen LogP contribution in [0.3, 0.4) is 0 Å². The van der Waals surface area contributed by atoms with Crippen molar-refractivity contribution in [1.29, 1.82) is 0 Å². The van der Waals surface area contributed by atoms with Crippen LogP contribution in [-0.2, 0) is 16.6 Å². The van der Waals surface area contributed by atoms with Crippen LogP contribution >= 0.6 is 15.9 Å². The SMILES string of the molecule is CCCS(=O)(=O)Nc1nc(N)c2[nH]c(=O)n(Cc3ccc(Br)cc3)c2n1. The largest absolute Gasteiger partial charge is 0.382 e. The zero-order valence-corrected chi connectivity index (χ0v) is 16.3. The first kappa shape index (κ1) is 18.4. The first-order valence-electron chi connectivity index (χ1n) is 7.80. The van der Waals surface area contributed by atoms with Gasteiger partial charge in [-0.25, -0.2) is 13.2 Å². The summed E-state index contributed by atoms with van der Waals surface area (Å²) in [5.74, 6) is -0.226. The number of anilines is 2. The minimum Gasteiger partial charge on any atom is -0.382 e. The number of aromatic amines is 1. The summed E-state index contributed by atoms with van der Waals surface area (Å²) < 4.78 is 28.5. The molecule has 1 aromatic carbocycles. The Morgan fingerprint density at radius 3 is 2.62 bits per heavy atom. The fourth-order valence-electron chi connectivity index (χ4n) is 2.48. The number of nitrogen functional groups attached to an aromatic ring is 1. The van der Waals surface area contributed by atoms with Crippen LogP contribution in [0.4, 0.5) is 11.8 Å². The molecule has 0 amide bonds. The molecule has 26 heavy (non-hydrogen) atoms. The Morgan fingerprint density at radius 1 is 1.27 bits per heavy atom. The fraction of sp³-hybridized carbons (Fsp3) is 0.267. The Balaban J connectivity index is 2.05. The van der Waals surface area contributed by atoms with Crippen molar-refractivity contribution in [2.24, 2.45) is 0 Å². The molecule has 0 aliphatic rings. The van der Waals surface area contributed by atoms with Gasteiger partial charge in [0, 0.05) is 4.47 Å². The predicted molar refractivity (Wildman–Crippen MR) is 104 cm³/mol. The molecule has 0 saturated carbocycles. The number of nitrogens with zero attached hydrogens (tertiary/aromatic N) is 3. The monoisotopic (exact) mass is 440 g/mol. The van der Waals surface area contributed by atoms with Crippen molar-refractivity contribution >= 4 is 48.9 Å². The van der Waals surface area contributed by atoms with Crippen LogP contribution in [0.15, 0.2) is 33.5 Å².